The summed E-state index contributed by atoms with van der Waals surface area (Å²) in [5.41, 5.74) is 1.99. The number of carbonyl (C=O) groups is 1. The minimum atomic E-state index is -0.296. The van der Waals surface area contributed by atoms with Crippen molar-refractivity contribution in [3.8, 4) is 0 Å². The van der Waals surface area contributed by atoms with Gasteiger partial charge in [-0.3, -0.25) is 14.2 Å². The van der Waals surface area contributed by atoms with E-state index in [0.29, 0.717) is 27.4 Å². The molecule has 0 radical (unpaired) electrons. The van der Waals surface area contributed by atoms with E-state index in [2.05, 4.69) is 27.1 Å². The molecular weight excluding hydrogens is 402 g/mol. The number of aryl methyl sites for hydroxylation is 1. The number of likely N-dealkylation sites (N-methyl/N-ethyl adjacent to an activating group) is 1. The Morgan fingerprint density at radius 2 is 1.87 bits per heavy atom. The van der Waals surface area contributed by atoms with E-state index in [4.69, 9.17) is 11.6 Å². The first-order valence-corrected chi connectivity index (χ1v) is 10.3. The van der Waals surface area contributed by atoms with E-state index in [1.807, 2.05) is 18.2 Å². The lowest BCUT2D eigenvalue weighted by molar-refractivity contribution is -0.116. The van der Waals surface area contributed by atoms with Gasteiger partial charge in [0.15, 0.2) is 0 Å². The summed E-state index contributed by atoms with van der Waals surface area (Å²) in [5, 5.41) is 3.99. The molecule has 8 heteroatoms. The minimum absolute atomic E-state index is 0.114. The van der Waals surface area contributed by atoms with Crippen LogP contribution in [0.25, 0.3) is 10.9 Å². The number of nitrogens with zero attached hydrogens (tertiary/aromatic N) is 4. The topological polar surface area (TPSA) is 70.5 Å². The molecule has 4 rings (SSSR count). The van der Waals surface area contributed by atoms with Gasteiger partial charge in [0.05, 0.1) is 22.3 Å². The molecule has 1 fully saturated rings. The van der Waals surface area contributed by atoms with E-state index >= 15 is 0 Å². The Morgan fingerprint density at radius 3 is 2.63 bits per heavy atom. The fourth-order valence-corrected chi connectivity index (χ4v) is 3.90. The molecule has 0 unspecified atom stereocenters. The highest BCUT2D eigenvalue weighted by Crippen LogP contribution is 2.30. The predicted octanol–water partition coefficient (Wildman–Crippen LogP) is 2.75. The second kappa shape index (κ2) is 8.45. The SMILES string of the molecule is Cc1nc2ccccc2c(=O)n1CC(=O)Nc1cc(Cl)ccc1N1CCN(C)CC1. The third-order valence-corrected chi connectivity index (χ3v) is 5.67. The van der Waals surface area contributed by atoms with Crippen LogP contribution < -0.4 is 15.8 Å². The molecule has 1 saturated heterocycles. The van der Waals surface area contributed by atoms with Crippen LogP contribution in [0.3, 0.4) is 0 Å². The zero-order valence-electron chi connectivity index (χ0n) is 17.1. The Kier molecular flexibility index (Phi) is 5.74. The maximum absolute atomic E-state index is 12.9. The second-order valence-electron chi connectivity index (χ2n) is 7.57. The van der Waals surface area contributed by atoms with Crippen LogP contribution >= 0.6 is 11.6 Å². The number of para-hydroxylation sites is 1. The molecule has 1 aromatic heterocycles. The van der Waals surface area contributed by atoms with Crippen LogP contribution in [0.5, 0.6) is 0 Å². The van der Waals surface area contributed by atoms with Crippen molar-refractivity contribution < 1.29 is 4.79 Å². The summed E-state index contributed by atoms with van der Waals surface area (Å²) in [7, 11) is 2.10. The largest absolute Gasteiger partial charge is 0.367 e. The van der Waals surface area contributed by atoms with Gasteiger partial charge in [0.1, 0.15) is 12.4 Å². The Morgan fingerprint density at radius 1 is 1.13 bits per heavy atom. The number of aromatic nitrogens is 2. The van der Waals surface area contributed by atoms with Crippen LogP contribution in [0.2, 0.25) is 5.02 Å². The van der Waals surface area contributed by atoms with Gasteiger partial charge in [0, 0.05) is 31.2 Å². The Labute approximate surface area is 179 Å². The maximum atomic E-state index is 12.9. The monoisotopic (exact) mass is 425 g/mol. The van der Waals surface area contributed by atoms with Gasteiger partial charge in [0.2, 0.25) is 5.91 Å². The molecule has 1 amide bonds. The van der Waals surface area contributed by atoms with Gasteiger partial charge in [-0.15, -0.1) is 0 Å². The Balaban J connectivity index is 1.59. The normalized spacial score (nSPS) is 14.8. The molecule has 0 bridgehead atoms. The third-order valence-electron chi connectivity index (χ3n) is 5.43. The fraction of sp³-hybridized carbons (Fsp3) is 0.318. The van der Waals surface area contributed by atoms with E-state index in [1.165, 1.54) is 4.57 Å². The molecule has 0 atom stereocenters. The van der Waals surface area contributed by atoms with Crippen molar-refractivity contribution in [2.75, 3.05) is 43.4 Å². The molecule has 2 aromatic carbocycles. The fourth-order valence-electron chi connectivity index (χ4n) is 3.73. The summed E-state index contributed by atoms with van der Waals surface area (Å²) in [6.07, 6.45) is 0. The highest BCUT2D eigenvalue weighted by Gasteiger charge is 2.19. The second-order valence-corrected chi connectivity index (χ2v) is 8.00. The van der Waals surface area contributed by atoms with Crippen molar-refractivity contribution in [1.29, 1.82) is 0 Å². The van der Waals surface area contributed by atoms with Crippen molar-refractivity contribution in [2.45, 2.75) is 13.5 Å². The van der Waals surface area contributed by atoms with Crippen molar-refractivity contribution in [3.63, 3.8) is 0 Å². The molecule has 30 heavy (non-hydrogen) atoms. The molecule has 1 aliphatic rings. The van der Waals surface area contributed by atoms with Crippen LogP contribution in [0.15, 0.2) is 47.3 Å². The van der Waals surface area contributed by atoms with E-state index in [1.54, 1.807) is 31.2 Å². The number of anilines is 2. The first kappa shape index (κ1) is 20.4. The minimum Gasteiger partial charge on any atom is -0.367 e. The smallest absolute Gasteiger partial charge is 0.261 e. The van der Waals surface area contributed by atoms with Crippen molar-refractivity contribution in [2.24, 2.45) is 0 Å². The van der Waals surface area contributed by atoms with Crippen LogP contribution in [-0.2, 0) is 11.3 Å². The summed E-state index contributed by atoms with van der Waals surface area (Å²) in [6, 6.07) is 12.7. The third kappa shape index (κ3) is 4.17. The zero-order valence-corrected chi connectivity index (χ0v) is 17.8. The van der Waals surface area contributed by atoms with E-state index in [-0.39, 0.29) is 18.0 Å². The van der Waals surface area contributed by atoms with E-state index < -0.39 is 0 Å². The van der Waals surface area contributed by atoms with Gasteiger partial charge >= 0.3 is 0 Å². The number of nitrogens with one attached hydrogen (secondary N) is 1. The Bertz CT molecular complexity index is 1150. The number of amides is 1. The molecule has 0 spiro atoms. The molecule has 0 aliphatic carbocycles. The average molecular weight is 426 g/mol. The number of rotatable bonds is 4. The highest BCUT2D eigenvalue weighted by atomic mass is 35.5. The van der Waals surface area contributed by atoms with Gasteiger partial charge in [-0.2, -0.15) is 0 Å². The predicted molar refractivity (Wildman–Crippen MR) is 121 cm³/mol. The molecule has 3 aromatic rings. The first-order valence-electron chi connectivity index (χ1n) is 9.91. The maximum Gasteiger partial charge on any atom is 0.261 e. The summed E-state index contributed by atoms with van der Waals surface area (Å²) >= 11 is 6.20. The summed E-state index contributed by atoms with van der Waals surface area (Å²) in [4.78, 5) is 34.7. The lowest BCUT2D eigenvalue weighted by Crippen LogP contribution is -2.44. The number of piperazine rings is 1. The lowest BCUT2D eigenvalue weighted by atomic mass is 10.2. The summed E-state index contributed by atoms with van der Waals surface area (Å²) in [5.74, 6) is 0.203. The van der Waals surface area contributed by atoms with Gasteiger partial charge in [-0.05, 0) is 44.3 Å². The first-order chi connectivity index (χ1) is 14.4. The van der Waals surface area contributed by atoms with Crippen molar-refractivity contribution in [1.82, 2.24) is 14.5 Å². The van der Waals surface area contributed by atoms with E-state index in [0.717, 1.165) is 31.9 Å². The van der Waals surface area contributed by atoms with Crippen LogP contribution in [0.4, 0.5) is 11.4 Å². The molecular formula is C22H24ClN5O2. The van der Waals surface area contributed by atoms with Crippen LogP contribution in [0.1, 0.15) is 5.82 Å². The van der Waals surface area contributed by atoms with Gasteiger partial charge in [-0.25, -0.2) is 4.98 Å². The lowest BCUT2D eigenvalue weighted by Gasteiger charge is -2.35. The molecule has 1 aliphatic heterocycles. The van der Waals surface area contributed by atoms with Gasteiger partial charge in [0.25, 0.3) is 5.56 Å². The molecule has 7 nitrogen and oxygen atoms in total. The van der Waals surface area contributed by atoms with Crippen molar-refractivity contribution >= 4 is 39.8 Å². The Hall–Kier alpha value is -2.90. The van der Waals surface area contributed by atoms with Gasteiger partial charge in [-0.1, -0.05) is 23.7 Å². The summed E-state index contributed by atoms with van der Waals surface area (Å²) < 4.78 is 1.40. The van der Waals surface area contributed by atoms with Crippen LogP contribution in [-0.4, -0.2) is 53.6 Å². The number of carbonyl (C=O) groups excluding carboxylic acids is 1. The molecule has 0 saturated carbocycles. The summed E-state index contributed by atoms with van der Waals surface area (Å²) in [6.45, 7) is 5.26. The highest BCUT2D eigenvalue weighted by molar-refractivity contribution is 6.31. The molecule has 1 N–H and O–H groups in total. The quantitative estimate of drug-likeness (QED) is 0.696. The van der Waals surface area contributed by atoms with E-state index in [9.17, 15) is 9.59 Å². The van der Waals surface area contributed by atoms with Gasteiger partial charge < -0.3 is 15.1 Å². The number of hydrogen-bond donors (Lipinski definition) is 1. The number of halogens is 1. The number of fused-ring (bicyclic) bond motifs is 1. The zero-order chi connectivity index (χ0) is 21.3. The molecule has 2 heterocycles. The number of benzene rings is 2. The standard InChI is InChI=1S/C22H24ClN5O2/c1-15-24-18-6-4-3-5-17(18)22(30)28(15)14-21(29)25-19-13-16(23)7-8-20(19)27-11-9-26(2)10-12-27/h3-8,13H,9-12,14H2,1-2H3,(H,25,29). The van der Waals surface area contributed by atoms with Crippen LogP contribution in [0, 0.1) is 6.92 Å². The molecule has 156 valence electrons. The van der Waals surface area contributed by atoms with Crippen molar-refractivity contribution in [3.05, 3.63) is 63.7 Å². The number of hydrogen-bond acceptors (Lipinski definition) is 5. The average Bonchev–Trinajstić information content (AvgIpc) is 2.72.